The summed E-state index contributed by atoms with van der Waals surface area (Å²) in [6.45, 7) is 3.96. The van der Waals surface area contributed by atoms with Crippen LogP contribution in [0.2, 0.25) is 0 Å². The molecule has 1 fully saturated rings. The maximum Gasteiger partial charge on any atom is 0.405 e. The molecule has 1 aliphatic heterocycles. The Bertz CT molecular complexity index is 868. The monoisotopic (exact) mass is 530 g/mol. The fourth-order valence-corrected chi connectivity index (χ4v) is 3.72. The smallest absolute Gasteiger partial charge is 0.405 e. The van der Waals surface area contributed by atoms with Crippen LogP contribution in [0, 0.1) is 11.3 Å². The molecule has 4 atom stereocenters. The molecule has 10 nitrogen and oxygen atoms in total. The van der Waals surface area contributed by atoms with Gasteiger partial charge >= 0.3 is 12.3 Å². The number of carboxylic acid groups (broad SMARTS) is 1. The maximum absolute atomic E-state index is 13.5. The van der Waals surface area contributed by atoms with Gasteiger partial charge in [-0.25, -0.2) is 13.6 Å². The SMILES string of the molecule is CNC(=O)C(=O)C(CCC(C)(F)F)NC(=O)[C@@H]1C[C@@H](C(F)(F)F)CN1C(=O)C(NC(=O)O)C(C)(C)C. The van der Waals surface area contributed by atoms with E-state index in [0.29, 0.717) is 11.8 Å². The summed E-state index contributed by atoms with van der Waals surface area (Å²) < 4.78 is 67.2. The molecule has 0 bridgehead atoms. The zero-order valence-electron chi connectivity index (χ0n) is 20.5. The summed E-state index contributed by atoms with van der Waals surface area (Å²) in [6, 6.07) is -5.12. The summed E-state index contributed by atoms with van der Waals surface area (Å²) in [5.74, 6) is -10.3. The molecule has 2 unspecified atom stereocenters. The van der Waals surface area contributed by atoms with Crippen molar-refractivity contribution in [2.75, 3.05) is 13.6 Å². The Kier molecular flexibility index (Phi) is 9.80. The van der Waals surface area contributed by atoms with E-state index in [0.717, 1.165) is 7.05 Å². The number of halogens is 5. The summed E-state index contributed by atoms with van der Waals surface area (Å²) >= 11 is 0. The molecule has 1 rings (SSSR count). The van der Waals surface area contributed by atoms with Gasteiger partial charge < -0.3 is 26.0 Å². The quantitative estimate of drug-likeness (QED) is 0.264. The van der Waals surface area contributed by atoms with Gasteiger partial charge in [-0.05, 0) is 25.2 Å². The van der Waals surface area contributed by atoms with Gasteiger partial charge in [-0.1, -0.05) is 20.8 Å². The van der Waals surface area contributed by atoms with Gasteiger partial charge in [-0.3, -0.25) is 19.2 Å². The summed E-state index contributed by atoms with van der Waals surface area (Å²) in [5.41, 5.74) is -1.10. The molecular weight excluding hydrogens is 499 g/mol. The standard InChI is InChI=1S/C21H31F5N4O6/c1-19(2,3)14(29-18(35)36)17(34)30-9-10(21(24,25)26)8-12(30)15(32)28-11(6-7-20(4,22)23)13(31)16(33)27-5/h10-12,14,29H,6-9H2,1-5H3,(H,27,33)(H,28,32)(H,35,36)/t10-,11?,12+,14?/m1/s1. The number of likely N-dealkylation sites (N-methyl/N-ethyl adjacent to an activating group) is 1. The molecule has 0 aromatic rings. The highest BCUT2D eigenvalue weighted by Crippen LogP contribution is 2.38. The van der Waals surface area contributed by atoms with E-state index in [1.165, 1.54) is 20.8 Å². The van der Waals surface area contributed by atoms with Gasteiger partial charge in [0, 0.05) is 20.0 Å². The van der Waals surface area contributed by atoms with Gasteiger partial charge in [0.15, 0.2) is 0 Å². The highest BCUT2D eigenvalue weighted by molar-refractivity contribution is 6.38. The first-order chi connectivity index (χ1) is 16.2. The maximum atomic E-state index is 13.5. The van der Waals surface area contributed by atoms with Crippen LogP contribution >= 0.6 is 0 Å². The van der Waals surface area contributed by atoms with E-state index >= 15 is 0 Å². The Morgan fingerprint density at radius 2 is 1.56 bits per heavy atom. The van der Waals surface area contributed by atoms with Gasteiger partial charge in [0.25, 0.3) is 5.91 Å². The summed E-state index contributed by atoms with van der Waals surface area (Å²) in [5, 5.41) is 15.1. The van der Waals surface area contributed by atoms with Crippen LogP contribution in [0.15, 0.2) is 0 Å². The number of rotatable bonds is 9. The van der Waals surface area contributed by atoms with E-state index in [9.17, 15) is 45.9 Å². The number of nitrogens with one attached hydrogen (secondary N) is 3. The first-order valence-electron chi connectivity index (χ1n) is 11.0. The van der Waals surface area contributed by atoms with Gasteiger partial charge in [0.2, 0.25) is 23.5 Å². The lowest BCUT2D eigenvalue weighted by Crippen LogP contribution is -2.59. The van der Waals surface area contributed by atoms with E-state index < -0.39 is 97.0 Å². The average Bonchev–Trinajstić information content (AvgIpc) is 3.18. The number of alkyl halides is 5. The molecule has 4 N–H and O–H groups in total. The van der Waals surface area contributed by atoms with Crippen molar-refractivity contribution in [1.82, 2.24) is 20.9 Å². The number of hydrogen-bond donors (Lipinski definition) is 4. The minimum Gasteiger partial charge on any atom is -0.465 e. The second-order valence-electron chi connectivity index (χ2n) is 9.84. The highest BCUT2D eigenvalue weighted by Gasteiger charge is 2.53. The van der Waals surface area contributed by atoms with E-state index in [4.69, 9.17) is 5.11 Å². The Morgan fingerprint density at radius 1 is 1.00 bits per heavy atom. The van der Waals surface area contributed by atoms with E-state index in [2.05, 4.69) is 0 Å². The molecule has 0 aromatic heterocycles. The van der Waals surface area contributed by atoms with Gasteiger partial charge in [-0.15, -0.1) is 0 Å². The Hall–Kier alpha value is -3.00. The largest absolute Gasteiger partial charge is 0.465 e. The van der Waals surface area contributed by atoms with Crippen LogP contribution in [-0.2, 0) is 19.2 Å². The second-order valence-corrected chi connectivity index (χ2v) is 9.84. The Labute approximate surface area is 204 Å². The normalized spacial score (nSPS) is 20.3. The van der Waals surface area contributed by atoms with Crippen molar-refractivity contribution in [1.29, 1.82) is 0 Å². The van der Waals surface area contributed by atoms with Gasteiger partial charge in [-0.2, -0.15) is 13.2 Å². The third-order valence-electron chi connectivity index (χ3n) is 5.69. The molecule has 36 heavy (non-hydrogen) atoms. The third-order valence-corrected chi connectivity index (χ3v) is 5.69. The summed E-state index contributed by atoms with van der Waals surface area (Å²) in [6.07, 6.45) is -8.96. The molecule has 15 heteroatoms. The lowest BCUT2D eigenvalue weighted by molar-refractivity contribution is -0.171. The molecule has 0 radical (unpaired) electrons. The van der Waals surface area contributed by atoms with Gasteiger partial charge in [0.05, 0.1) is 12.0 Å². The van der Waals surface area contributed by atoms with E-state index in [-0.39, 0.29) is 0 Å². The van der Waals surface area contributed by atoms with Crippen molar-refractivity contribution in [2.24, 2.45) is 11.3 Å². The van der Waals surface area contributed by atoms with Crippen molar-refractivity contribution in [3.63, 3.8) is 0 Å². The van der Waals surface area contributed by atoms with Crippen molar-refractivity contribution in [3.8, 4) is 0 Å². The van der Waals surface area contributed by atoms with Crippen LogP contribution in [-0.4, -0.2) is 83.4 Å². The third kappa shape index (κ3) is 8.59. The van der Waals surface area contributed by atoms with Gasteiger partial charge in [0.1, 0.15) is 12.1 Å². The van der Waals surface area contributed by atoms with Crippen molar-refractivity contribution < 1.29 is 51.0 Å². The van der Waals surface area contributed by atoms with Crippen LogP contribution in [0.25, 0.3) is 0 Å². The molecule has 1 saturated heterocycles. The van der Waals surface area contributed by atoms with Crippen LogP contribution in [0.1, 0.15) is 47.0 Å². The van der Waals surface area contributed by atoms with E-state index in [1.807, 2.05) is 16.0 Å². The van der Waals surface area contributed by atoms with Crippen LogP contribution in [0.5, 0.6) is 0 Å². The molecule has 1 aliphatic rings. The minimum absolute atomic E-state index is 0.545. The van der Waals surface area contributed by atoms with Crippen molar-refractivity contribution in [3.05, 3.63) is 0 Å². The molecular formula is C21H31F5N4O6. The fraction of sp³-hybridized carbons (Fsp3) is 0.762. The summed E-state index contributed by atoms with van der Waals surface area (Å²) in [4.78, 5) is 62.0. The molecule has 0 aromatic carbocycles. The molecule has 0 spiro atoms. The lowest BCUT2D eigenvalue weighted by Gasteiger charge is -2.35. The van der Waals surface area contributed by atoms with Crippen LogP contribution < -0.4 is 16.0 Å². The predicted octanol–water partition coefficient (Wildman–Crippen LogP) is 1.68. The van der Waals surface area contributed by atoms with Crippen molar-refractivity contribution >= 4 is 29.6 Å². The minimum atomic E-state index is -4.81. The van der Waals surface area contributed by atoms with E-state index in [1.54, 1.807) is 0 Å². The topological polar surface area (TPSA) is 145 Å². The van der Waals surface area contributed by atoms with Crippen LogP contribution in [0.3, 0.4) is 0 Å². The van der Waals surface area contributed by atoms with Crippen molar-refractivity contribution in [2.45, 2.75) is 77.2 Å². The molecule has 206 valence electrons. The number of hydrogen-bond acceptors (Lipinski definition) is 5. The number of nitrogens with zero attached hydrogens (tertiary/aromatic N) is 1. The van der Waals surface area contributed by atoms with Crippen LogP contribution in [0.4, 0.5) is 26.7 Å². The molecule has 0 aliphatic carbocycles. The lowest BCUT2D eigenvalue weighted by atomic mass is 9.85. The second kappa shape index (κ2) is 11.4. The Balaban J connectivity index is 3.33. The number of carbonyl (C=O) groups excluding carboxylic acids is 4. The highest BCUT2D eigenvalue weighted by atomic mass is 19.4. The fourth-order valence-electron chi connectivity index (χ4n) is 3.72. The average molecular weight is 530 g/mol. The number of carbonyl (C=O) groups is 5. The molecule has 4 amide bonds. The zero-order chi connectivity index (χ0) is 28.2. The Morgan fingerprint density at radius 3 is 1.97 bits per heavy atom. The molecule has 1 heterocycles. The zero-order valence-corrected chi connectivity index (χ0v) is 20.5. The number of ketones is 1. The predicted molar refractivity (Wildman–Crippen MR) is 115 cm³/mol. The first kappa shape index (κ1) is 31.0. The number of likely N-dealkylation sites (tertiary alicyclic amines) is 1. The number of Topliss-reactive ketones (excluding diaryl/α,β-unsaturated/α-hetero) is 1. The summed E-state index contributed by atoms with van der Waals surface area (Å²) in [7, 11) is 1.08. The molecule has 0 saturated carbocycles. The first-order valence-corrected chi connectivity index (χ1v) is 11.0. The number of amides is 4.